The zero-order chi connectivity index (χ0) is 12.3. The lowest BCUT2D eigenvalue weighted by atomic mass is 10.1. The number of para-hydroxylation sites is 1. The number of rotatable bonds is 2. The van der Waals surface area contributed by atoms with Gasteiger partial charge in [0.05, 0.1) is 5.92 Å². The van der Waals surface area contributed by atoms with Crippen molar-refractivity contribution in [2.75, 3.05) is 18.4 Å². The number of hydrogen-bond donors (Lipinski definition) is 2. The lowest BCUT2D eigenvalue weighted by Crippen LogP contribution is -2.30. The molecule has 2 amide bonds. The van der Waals surface area contributed by atoms with Crippen LogP contribution in [0.5, 0.6) is 0 Å². The van der Waals surface area contributed by atoms with Gasteiger partial charge in [0, 0.05) is 18.8 Å². The van der Waals surface area contributed by atoms with Crippen LogP contribution in [0.25, 0.3) is 0 Å². The van der Waals surface area contributed by atoms with Gasteiger partial charge in [0.25, 0.3) is 0 Å². The molecule has 0 bridgehead atoms. The number of carbonyl (C=O) groups is 2. The Morgan fingerprint density at radius 1 is 1.29 bits per heavy atom. The average Bonchev–Trinajstić information content (AvgIpc) is 2.79. The number of likely N-dealkylation sites (tertiary alicyclic amines) is 1. The minimum Gasteiger partial charge on any atom is -0.465 e. The summed E-state index contributed by atoms with van der Waals surface area (Å²) < 4.78 is 0. The standard InChI is InChI=1S/C12H14N2O3/c15-11(13-10-4-2-1-3-5-10)9-6-7-14(8-9)12(16)17/h1-5,9H,6-8H2,(H,13,15)(H,16,17)/t9-/m0/s1. The van der Waals surface area contributed by atoms with E-state index in [0.29, 0.717) is 13.0 Å². The fraction of sp³-hybridized carbons (Fsp3) is 0.333. The van der Waals surface area contributed by atoms with Crippen LogP contribution in [-0.2, 0) is 4.79 Å². The zero-order valence-corrected chi connectivity index (χ0v) is 9.30. The zero-order valence-electron chi connectivity index (χ0n) is 9.30. The Kier molecular flexibility index (Phi) is 3.27. The van der Waals surface area contributed by atoms with E-state index in [0.717, 1.165) is 5.69 Å². The molecule has 1 heterocycles. The monoisotopic (exact) mass is 234 g/mol. The van der Waals surface area contributed by atoms with Crippen LogP contribution < -0.4 is 5.32 Å². The molecule has 0 saturated carbocycles. The van der Waals surface area contributed by atoms with E-state index in [4.69, 9.17) is 5.11 Å². The molecule has 0 unspecified atom stereocenters. The van der Waals surface area contributed by atoms with Crippen LogP contribution in [0.2, 0.25) is 0 Å². The highest BCUT2D eigenvalue weighted by Gasteiger charge is 2.30. The molecule has 17 heavy (non-hydrogen) atoms. The molecule has 2 N–H and O–H groups in total. The maximum atomic E-state index is 11.9. The lowest BCUT2D eigenvalue weighted by molar-refractivity contribution is -0.119. The van der Waals surface area contributed by atoms with E-state index in [9.17, 15) is 9.59 Å². The van der Waals surface area contributed by atoms with Crippen LogP contribution in [0.4, 0.5) is 10.5 Å². The van der Waals surface area contributed by atoms with Gasteiger partial charge in [-0.3, -0.25) is 4.79 Å². The fourth-order valence-corrected chi connectivity index (χ4v) is 1.91. The summed E-state index contributed by atoms with van der Waals surface area (Å²) in [4.78, 5) is 23.8. The first-order valence-corrected chi connectivity index (χ1v) is 5.50. The summed E-state index contributed by atoms with van der Waals surface area (Å²) in [5.74, 6) is -0.355. The van der Waals surface area contributed by atoms with Crippen LogP contribution in [0, 0.1) is 5.92 Å². The highest BCUT2D eigenvalue weighted by Crippen LogP contribution is 2.18. The molecule has 1 aliphatic heterocycles. The number of amides is 2. The van der Waals surface area contributed by atoms with Gasteiger partial charge in [-0.2, -0.15) is 0 Å². The van der Waals surface area contributed by atoms with Crippen molar-refractivity contribution in [1.82, 2.24) is 4.90 Å². The number of benzene rings is 1. The fourth-order valence-electron chi connectivity index (χ4n) is 1.91. The third-order valence-corrected chi connectivity index (χ3v) is 2.87. The van der Waals surface area contributed by atoms with Crippen LogP contribution in [-0.4, -0.2) is 35.1 Å². The number of hydrogen-bond acceptors (Lipinski definition) is 2. The van der Waals surface area contributed by atoms with E-state index in [1.54, 1.807) is 0 Å². The number of anilines is 1. The van der Waals surface area contributed by atoms with Gasteiger partial charge in [-0.05, 0) is 18.6 Å². The third-order valence-electron chi connectivity index (χ3n) is 2.87. The summed E-state index contributed by atoms with van der Waals surface area (Å²) in [7, 11) is 0. The van der Waals surface area contributed by atoms with Gasteiger partial charge in [0.1, 0.15) is 0 Å². The molecule has 5 nitrogen and oxygen atoms in total. The van der Waals surface area contributed by atoms with E-state index in [2.05, 4.69) is 5.32 Å². The maximum Gasteiger partial charge on any atom is 0.407 e. The summed E-state index contributed by atoms with van der Waals surface area (Å²) in [5, 5.41) is 11.6. The highest BCUT2D eigenvalue weighted by molar-refractivity contribution is 5.93. The van der Waals surface area contributed by atoms with Crippen molar-refractivity contribution in [1.29, 1.82) is 0 Å². The first-order valence-electron chi connectivity index (χ1n) is 5.50. The third kappa shape index (κ3) is 2.75. The Bertz CT molecular complexity index is 419. The average molecular weight is 234 g/mol. The maximum absolute atomic E-state index is 11.9. The molecular formula is C12H14N2O3. The van der Waals surface area contributed by atoms with Gasteiger partial charge in [-0.1, -0.05) is 18.2 Å². The van der Waals surface area contributed by atoms with E-state index in [1.165, 1.54) is 4.90 Å². The van der Waals surface area contributed by atoms with Gasteiger partial charge in [0.15, 0.2) is 0 Å². The van der Waals surface area contributed by atoms with Crippen LogP contribution in [0.3, 0.4) is 0 Å². The predicted molar refractivity (Wildman–Crippen MR) is 62.8 cm³/mol. The Labute approximate surface area is 99.0 Å². The second kappa shape index (κ2) is 4.86. The highest BCUT2D eigenvalue weighted by atomic mass is 16.4. The molecule has 0 radical (unpaired) electrons. The van der Waals surface area contributed by atoms with E-state index in [-0.39, 0.29) is 18.4 Å². The van der Waals surface area contributed by atoms with E-state index >= 15 is 0 Å². The van der Waals surface area contributed by atoms with Gasteiger partial charge in [-0.15, -0.1) is 0 Å². The predicted octanol–water partition coefficient (Wildman–Crippen LogP) is 1.62. The van der Waals surface area contributed by atoms with E-state index < -0.39 is 6.09 Å². The Hall–Kier alpha value is -2.04. The molecule has 1 fully saturated rings. The first-order chi connectivity index (χ1) is 8.16. The van der Waals surface area contributed by atoms with Gasteiger partial charge >= 0.3 is 6.09 Å². The lowest BCUT2D eigenvalue weighted by Gasteiger charge is -2.12. The van der Waals surface area contributed by atoms with Gasteiger partial charge in [-0.25, -0.2) is 4.79 Å². The number of carbonyl (C=O) groups excluding carboxylic acids is 1. The summed E-state index contributed by atoms with van der Waals surface area (Å²) in [6, 6.07) is 9.17. The molecule has 1 saturated heterocycles. The first kappa shape index (κ1) is 11.4. The molecule has 5 heteroatoms. The quantitative estimate of drug-likeness (QED) is 0.817. The Balaban J connectivity index is 1.92. The van der Waals surface area contributed by atoms with Crippen molar-refractivity contribution in [3.63, 3.8) is 0 Å². The molecule has 1 aromatic carbocycles. The van der Waals surface area contributed by atoms with Crippen molar-refractivity contribution < 1.29 is 14.7 Å². The van der Waals surface area contributed by atoms with Gasteiger partial charge < -0.3 is 15.3 Å². The van der Waals surface area contributed by atoms with Crippen LogP contribution in [0.1, 0.15) is 6.42 Å². The normalized spacial score (nSPS) is 19.1. The molecule has 2 rings (SSSR count). The molecular weight excluding hydrogens is 220 g/mol. The minimum atomic E-state index is -0.958. The van der Waals surface area contributed by atoms with E-state index in [1.807, 2.05) is 30.3 Å². The van der Waals surface area contributed by atoms with Crippen LogP contribution >= 0.6 is 0 Å². The summed E-state index contributed by atoms with van der Waals surface area (Å²) in [6.45, 7) is 0.718. The SMILES string of the molecule is O=C(Nc1ccccc1)[C@H]1CCN(C(=O)O)C1. The minimum absolute atomic E-state index is 0.111. The summed E-state index contributed by atoms with van der Waals surface area (Å²) in [5.41, 5.74) is 0.742. The van der Waals surface area contributed by atoms with Crippen molar-refractivity contribution in [2.45, 2.75) is 6.42 Å². The summed E-state index contributed by atoms with van der Waals surface area (Å²) >= 11 is 0. The molecule has 1 atom stereocenters. The van der Waals surface area contributed by atoms with Crippen molar-refractivity contribution in [2.24, 2.45) is 5.92 Å². The largest absolute Gasteiger partial charge is 0.465 e. The second-order valence-electron chi connectivity index (χ2n) is 4.07. The number of nitrogens with zero attached hydrogens (tertiary/aromatic N) is 1. The topological polar surface area (TPSA) is 69.6 Å². The smallest absolute Gasteiger partial charge is 0.407 e. The second-order valence-corrected chi connectivity index (χ2v) is 4.07. The molecule has 1 aliphatic rings. The molecule has 1 aromatic rings. The number of carboxylic acid groups (broad SMARTS) is 1. The molecule has 0 spiro atoms. The van der Waals surface area contributed by atoms with Crippen molar-refractivity contribution >= 4 is 17.7 Å². The Morgan fingerprint density at radius 3 is 2.59 bits per heavy atom. The molecule has 90 valence electrons. The van der Waals surface area contributed by atoms with Gasteiger partial charge in [0.2, 0.25) is 5.91 Å². The van der Waals surface area contributed by atoms with Crippen molar-refractivity contribution in [3.8, 4) is 0 Å². The number of nitrogens with one attached hydrogen (secondary N) is 1. The van der Waals surface area contributed by atoms with Crippen molar-refractivity contribution in [3.05, 3.63) is 30.3 Å². The van der Waals surface area contributed by atoms with Crippen LogP contribution in [0.15, 0.2) is 30.3 Å². The summed E-state index contributed by atoms with van der Waals surface area (Å²) in [6.07, 6.45) is -0.370. The molecule has 0 aromatic heterocycles. The Morgan fingerprint density at radius 2 is 2.00 bits per heavy atom. The molecule has 0 aliphatic carbocycles.